The van der Waals surface area contributed by atoms with Crippen LogP contribution < -0.4 is 10.6 Å². The summed E-state index contributed by atoms with van der Waals surface area (Å²) in [6.07, 6.45) is 3.85. The Morgan fingerprint density at radius 2 is 1.70 bits per heavy atom. The van der Waals surface area contributed by atoms with Gasteiger partial charge >= 0.3 is 0 Å². The molecule has 2 N–H and O–H groups in total. The molecule has 0 aromatic carbocycles. The average Bonchev–Trinajstić information content (AvgIpc) is 2.54. The predicted octanol–water partition coefficient (Wildman–Crippen LogP) is 1.43. The molecule has 1 amide bonds. The SMILES string of the molecule is CC(C)(C)C(=O)[C@@H]1CCCC[C@@H]1C(=O)NCCN1CCNCC1. The summed E-state index contributed by atoms with van der Waals surface area (Å²) < 4.78 is 0. The number of nitrogens with zero attached hydrogens (tertiary/aromatic N) is 1. The van der Waals surface area contributed by atoms with Crippen LogP contribution in [0.15, 0.2) is 0 Å². The molecule has 0 aromatic rings. The smallest absolute Gasteiger partial charge is 0.223 e. The first-order valence-corrected chi connectivity index (χ1v) is 9.14. The second-order valence-electron chi connectivity index (χ2n) is 7.99. The molecular weight excluding hydrogens is 290 g/mol. The van der Waals surface area contributed by atoms with Crippen molar-refractivity contribution in [2.75, 3.05) is 39.3 Å². The van der Waals surface area contributed by atoms with Gasteiger partial charge in [0.2, 0.25) is 5.91 Å². The van der Waals surface area contributed by atoms with Crippen molar-refractivity contribution in [2.45, 2.75) is 46.5 Å². The molecule has 5 nitrogen and oxygen atoms in total. The van der Waals surface area contributed by atoms with Crippen molar-refractivity contribution >= 4 is 11.7 Å². The number of Topliss-reactive ketones (excluding diaryl/α,β-unsaturated/α-hetero) is 1. The van der Waals surface area contributed by atoms with E-state index >= 15 is 0 Å². The molecule has 0 unspecified atom stereocenters. The number of carbonyl (C=O) groups is 2. The Hall–Kier alpha value is -0.940. The summed E-state index contributed by atoms with van der Waals surface area (Å²) in [5, 5.41) is 6.41. The largest absolute Gasteiger partial charge is 0.355 e. The third kappa shape index (κ3) is 5.28. The minimum atomic E-state index is -0.360. The highest BCUT2D eigenvalue weighted by Gasteiger charge is 2.39. The van der Waals surface area contributed by atoms with Crippen molar-refractivity contribution in [1.82, 2.24) is 15.5 Å². The molecule has 2 fully saturated rings. The van der Waals surface area contributed by atoms with Crippen LogP contribution >= 0.6 is 0 Å². The molecule has 0 radical (unpaired) electrons. The second kappa shape index (κ2) is 8.25. The van der Waals surface area contributed by atoms with E-state index in [-0.39, 0.29) is 28.9 Å². The monoisotopic (exact) mass is 323 g/mol. The molecule has 2 atom stereocenters. The Kier molecular flexibility index (Phi) is 6.60. The topological polar surface area (TPSA) is 61.4 Å². The number of amides is 1. The lowest BCUT2D eigenvalue weighted by atomic mass is 9.70. The number of piperazine rings is 1. The Balaban J connectivity index is 1.84. The summed E-state index contributed by atoms with van der Waals surface area (Å²) in [5.41, 5.74) is -0.360. The van der Waals surface area contributed by atoms with Crippen LogP contribution in [0.4, 0.5) is 0 Å². The van der Waals surface area contributed by atoms with Gasteiger partial charge in [0.05, 0.1) is 0 Å². The Bertz CT molecular complexity index is 411. The van der Waals surface area contributed by atoms with E-state index in [4.69, 9.17) is 0 Å². The van der Waals surface area contributed by atoms with Gasteiger partial charge in [-0.3, -0.25) is 14.5 Å². The third-order valence-electron chi connectivity index (χ3n) is 5.12. The standard InChI is InChI=1S/C18H33N3O2/c1-18(2,3)16(22)14-6-4-5-7-15(14)17(23)20-10-13-21-11-8-19-9-12-21/h14-15,19H,4-13H2,1-3H3,(H,20,23)/t14-,15+/m1/s1. The number of hydrogen-bond acceptors (Lipinski definition) is 4. The zero-order valence-corrected chi connectivity index (χ0v) is 15.0. The summed E-state index contributed by atoms with van der Waals surface area (Å²) in [7, 11) is 0. The van der Waals surface area contributed by atoms with Crippen LogP contribution in [0.2, 0.25) is 0 Å². The molecule has 0 spiro atoms. The summed E-state index contributed by atoms with van der Waals surface area (Å²) in [5.74, 6) is 0.114. The number of nitrogens with one attached hydrogen (secondary N) is 2. The quantitative estimate of drug-likeness (QED) is 0.803. The highest BCUT2D eigenvalue weighted by atomic mass is 16.2. The van der Waals surface area contributed by atoms with E-state index in [2.05, 4.69) is 15.5 Å². The summed E-state index contributed by atoms with van der Waals surface area (Å²) in [4.78, 5) is 27.6. The lowest BCUT2D eigenvalue weighted by molar-refractivity contribution is -0.139. The Labute approximate surface area is 140 Å². The summed E-state index contributed by atoms with van der Waals surface area (Å²) >= 11 is 0. The van der Waals surface area contributed by atoms with Crippen molar-refractivity contribution in [3.05, 3.63) is 0 Å². The van der Waals surface area contributed by atoms with Crippen molar-refractivity contribution in [3.8, 4) is 0 Å². The maximum absolute atomic E-state index is 12.7. The molecule has 5 heteroatoms. The van der Waals surface area contributed by atoms with E-state index in [0.717, 1.165) is 58.4 Å². The Morgan fingerprint density at radius 1 is 1.09 bits per heavy atom. The van der Waals surface area contributed by atoms with Gasteiger partial charge in [0.1, 0.15) is 5.78 Å². The highest BCUT2D eigenvalue weighted by molar-refractivity contribution is 5.91. The van der Waals surface area contributed by atoms with Crippen LogP contribution in [-0.2, 0) is 9.59 Å². The lowest BCUT2D eigenvalue weighted by Crippen LogP contribution is -2.48. The zero-order chi connectivity index (χ0) is 16.9. The number of ketones is 1. The first-order valence-electron chi connectivity index (χ1n) is 9.14. The molecule has 132 valence electrons. The van der Waals surface area contributed by atoms with Gasteiger partial charge in [0, 0.05) is 56.5 Å². The summed E-state index contributed by atoms with van der Waals surface area (Å²) in [6, 6.07) is 0. The van der Waals surface area contributed by atoms with Crippen LogP contribution in [0.25, 0.3) is 0 Å². The Morgan fingerprint density at radius 3 is 2.30 bits per heavy atom. The van der Waals surface area contributed by atoms with E-state index in [9.17, 15) is 9.59 Å². The minimum Gasteiger partial charge on any atom is -0.355 e. The van der Waals surface area contributed by atoms with Gasteiger partial charge in [-0.15, -0.1) is 0 Å². The first kappa shape index (κ1) is 18.4. The average molecular weight is 323 g/mol. The minimum absolute atomic E-state index is 0.0856. The molecule has 1 heterocycles. The van der Waals surface area contributed by atoms with Crippen LogP contribution in [0.5, 0.6) is 0 Å². The van der Waals surface area contributed by atoms with Crippen LogP contribution in [0, 0.1) is 17.3 Å². The van der Waals surface area contributed by atoms with Crippen LogP contribution in [0.3, 0.4) is 0 Å². The molecule has 1 aliphatic carbocycles. The fourth-order valence-corrected chi connectivity index (χ4v) is 3.72. The first-order chi connectivity index (χ1) is 10.9. The maximum Gasteiger partial charge on any atom is 0.223 e. The molecule has 1 saturated heterocycles. The number of rotatable bonds is 5. The van der Waals surface area contributed by atoms with Crippen LogP contribution in [0.1, 0.15) is 46.5 Å². The van der Waals surface area contributed by atoms with Gasteiger partial charge in [0.15, 0.2) is 0 Å². The molecule has 0 aromatic heterocycles. The van der Waals surface area contributed by atoms with Crippen molar-refractivity contribution in [1.29, 1.82) is 0 Å². The fourth-order valence-electron chi connectivity index (χ4n) is 3.72. The maximum atomic E-state index is 12.7. The lowest BCUT2D eigenvalue weighted by Gasteiger charge is -2.34. The third-order valence-corrected chi connectivity index (χ3v) is 5.12. The van der Waals surface area contributed by atoms with E-state index in [1.807, 2.05) is 20.8 Å². The van der Waals surface area contributed by atoms with Gasteiger partial charge in [-0.25, -0.2) is 0 Å². The molecule has 2 aliphatic rings. The van der Waals surface area contributed by atoms with E-state index in [1.165, 1.54) is 0 Å². The van der Waals surface area contributed by atoms with Gasteiger partial charge in [-0.1, -0.05) is 33.6 Å². The van der Waals surface area contributed by atoms with Gasteiger partial charge in [0.25, 0.3) is 0 Å². The number of hydrogen-bond donors (Lipinski definition) is 2. The van der Waals surface area contributed by atoms with E-state index in [1.54, 1.807) is 0 Å². The van der Waals surface area contributed by atoms with Gasteiger partial charge < -0.3 is 10.6 Å². The highest BCUT2D eigenvalue weighted by Crippen LogP contribution is 2.35. The molecule has 0 bridgehead atoms. The fraction of sp³-hybridized carbons (Fsp3) is 0.889. The van der Waals surface area contributed by atoms with E-state index < -0.39 is 0 Å². The predicted molar refractivity (Wildman–Crippen MR) is 92.2 cm³/mol. The van der Waals surface area contributed by atoms with E-state index in [0.29, 0.717) is 6.54 Å². The molecule has 1 aliphatic heterocycles. The normalized spacial score (nSPS) is 26.7. The molecule has 23 heavy (non-hydrogen) atoms. The zero-order valence-electron chi connectivity index (χ0n) is 15.0. The van der Waals surface area contributed by atoms with Crippen molar-refractivity contribution in [2.24, 2.45) is 17.3 Å². The molecular formula is C18H33N3O2. The molecule has 1 saturated carbocycles. The second-order valence-corrected chi connectivity index (χ2v) is 7.99. The number of carbonyl (C=O) groups excluding carboxylic acids is 2. The summed E-state index contributed by atoms with van der Waals surface area (Å²) in [6.45, 7) is 11.6. The van der Waals surface area contributed by atoms with Crippen LogP contribution in [-0.4, -0.2) is 55.9 Å². The van der Waals surface area contributed by atoms with Crippen molar-refractivity contribution < 1.29 is 9.59 Å². The van der Waals surface area contributed by atoms with Crippen molar-refractivity contribution in [3.63, 3.8) is 0 Å². The van der Waals surface area contributed by atoms with Gasteiger partial charge in [-0.2, -0.15) is 0 Å². The molecule has 2 rings (SSSR count). The van der Waals surface area contributed by atoms with Gasteiger partial charge in [-0.05, 0) is 12.8 Å².